The van der Waals surface area contributed by atoms with Gasteiger partial charge in [0.2, 0.25) is 4.80 Å². The summed E-state index contributed by atoms with van der Waals surface area (Å²) in [4.78, 5) is 16.5. The van der Waals surface area contributed by atoms with Crippen molar-refractivity contribution < 1.29 is 27.1 Å². The number of ether oxygens (including phenoxy) is 1. The molecule has 2 heterocycles. The summed E-state index contributed by atoms with van der Waals surface area (Å²) in [5.74, 6) is -2.15. The van der Waals surface area contributed by atoms with E-state index in [0.29, 0.717) is 36.4 Å². The van der Waals surface area contributed by atoms with Gasteiger partial charge in [0.15, 0.2) is 0 Å². The van der Waals surface area contributed by atoms with E-state index in [1.807, 2.05) is 20.8 Å². The van der Waals surface area contributed by atoms with Gasteiger partial charge in [-0.25, -0.2) is 9.07 Å². The number of nitrogens with zero attached hydrogens (tertiary/aromatic N) is 3. The number of hydrogen-bond acceptors (Lipinski definition) is 4. The second kappa shape index (κ2) is 7.40. The Morgan fingerprint density at radius 3 is 2.57 bits per heavy atom. The lowest BCUT2D eigenvalue weighted by molar-refractivity contribution is -0.137. The molecule has 1 aromatic heterocycles. The molecule has 152 valence electrons. The Kier molecular flexibility index (Phi) is 5.46. The molecule has 0 N–H and O–H groups in total. The van der Waals surface area contributed by atoms with Crippen LogP contribution in [0.5, 0.6) is 0 Å². The van der Waals surface area contributed by atoms with Crippen molar-refractivity contribution in [3.05, 3.63) is 45.0 Å². The summed E-state index contributed by atoms with van der Waals surface area (Å²) in [7, 11) is 0. The standard InChI is InChI=1S/C18H19F4N3O2S/c1-17(2,3)15-24-25(9-11-6-7-27-11)16(28-15)23-14(26)12-8-10(18(20,21)22)4-5-13(12)19/h4-5,8,11H,6-7,9H2,1-3H3. The van der Waals surface area contributed by atoms with Crippen molar-refractivity contribution in [3.8, 4) is 0 Å². The minimum atomic E-state index is -4.69. The van der Waals surface area contributed by atoms with E-state index in [1.165, 1.54) is 4.68 Å². The number of rotatable bonds is 3. The van der Waals surface area contributed by atoms with Crippen LogP contribution in [0.1, 0.15) is 48.1 Å². The van der Waals surface area contributed by atoms with Crippen LogP contribution in [0.2, 0.25) is 0 Å². The van der Waals surface area contributed by atoms with Crippen molar-refractivity contribution >= 4 is 17.2 Å². The summed E-state index contributed by atoms with van der Waals surface area (Å²) >= 11 is 1.15. The fraction of sp³-hybridized carbons (Fsp3) is 0.500. The molecule has 10 heteroatoms. The Bertz CT molecular complexity index is 953. The lowest BCUT2D eigenvalue weighted by Gasteiger charge is -2.26. The third-order valence-electron chi connectivity index (χ3n) is 4.15. The van der Waals surface area contributed by atoms with Crippen molar-refractivity contribution in [2.24, 2.45) is 4.99 Å². The molecule has 3 rings (SSSR count). The molecule has 2 aromatic rings. The maximum atomic E-state index is 14.0. The quantitative estimate of drug-likeness (QED) is 0.711. The highest BCUT2D eigenvalue weighted by atomic mass is 32.1. The maximum absolute atomic E-state index is 14.0. The van der Waals surface area contributed by atoms with Gasteiger partial charge < -0.3 is 4.74 Å². The first kappa shape index (κ1) is 20.7. The highest BCUT2D eigenvalue weighted by molar-refractivity contribution is 7.09. The molecule has 0 saturated carbocycles. The van der Waals surface area contributed by atoms with Crippen molar-refractivity contribution in [1.29, 1.82) is 0 Å². The van der Waals surface area contributed by atoms with Gasteiger partial charge in [-0.05, 0) is 24.6 Å². The van der Waals surface area contributed by atoms with Gasteiger partial charge >= 0.3 is 6.18 Å². The average molecular weight is 417 g/mol. The molecular weight excluding hydrogens is 398 g/mol. The topological polar surface area (TPSA) is 56.5 Å². The fourth-order valence-electron chi connectivity index (χ4n) is 2.45. The molecule has 0 bridgehead atoms. The van der Waals surface area contributed by atoms with E-state index < -0.39 is 29.0 Å². The predicted octanol–water partition coefficient (Wildman–Crippen LogP) is 3.93. The molecule has 1 amide bonds. The molecule has 1 aromatic carbocycles. The van der Waals surface area contributed by atoms with Crippen LogP contribution in [-0.4, -0.2) is 28.4 Å². The van der Waals surface area contributed by atoms with Crippen molar-refractivity contribution in [2.45, 2.75) is 51.4 Å². The van der Waals surface area contributed by atoms with E-state index in [0.717, 1.165) is 17.8 Å². The van der Waals surface area contributed by atoms with Gasteiger partial charge in [0.25, 0.3) is 5.91 Å². The third-order valence-corrected chi connectivity index (χ3v) is 5.53. The van der Waals surface area contributed by atoms with Gasteiger partial charge in [0.1, 0.15) is 10.8 Å². The normalized spacial score (nSPS) is 18.2. The average Bonchev–Trinajstić information content (AvgIpc) is 2.93. The predicted molar refractivity (Wildman–Crippen MR) is 94.5 cm³/mol. The molecule has 0 aliphatic carbocycles. The van der Waals surface area contributed by atoms with Crippen LogP contribution in [0.15, 0.2) is 23.2 Å². The first-order chi connectivity index (χ1) is 12.9. The van der Waals surface area contributed by atoms with Gasteiger partial charge in [-0.2, -0.15) is 23.3 Å². The van der Waals surface area contributed by atoms with Crippen LogP contribution in [-0.2, 0) is 22.9 Å². The fourth-order valence-corrected chi connectivity index (χ4v) is 3.42. The number of aromatic nitrogens is 2. The monoisotopic (exact) mass is 417 g/mol. The molecule has 0 radical (unpaired) electrons. The zero-order chi connectivity index (χ0) is 20.7. The van der Waals surface area contributed by atoms with Crippen molar-refractivity contribution in [2.75, 3.05) is 6.61 Å². The minimum absolute atomic E-state index is 0.0609. The number of hydrogen-bond donors (Lipinski definition) is 0. The molecular formula is C18H19F4N3O2S. The van der Waals surface area contributed by atoms with E-state index in [1.54, 1.807) is 0 Å². The summed E-state index contributed by atoms with van der Waals surface area (Å²) in [6.45, 7) is 6.82. The Morgan fingerprint density at radius 2 is 2.04 bits per heavy atom. The van der Waals surface area contributed by atoms with Crippen LogP contribution < -0.4 is 4.80 Å². The van der Waals surface area contributed by atoms with Crippen LogP contribution >= 0.6 is 11.3 Å². The van der Waals surface area contributed by atoms with E-state index in [9.17, 15) is 22.4 Å². The van der Waals surface area contributed by atoms with Crippen molar-refractivity contribution in [3.63, 3.8) is 0 Å². The largest absolute Gasteiger partial charge is 0.416 e. The Labute approximate surface area is 162 Å². The SMILES string of the molecule is CC(C)(C)c1nn(CC2CCO2)c(=NC(=O)c2cc(C(F)(F)F)ccc2F)s1. The summed E-state index contributed by atoms with van der Waals surface area (Å²) in [6.07, 6.45) is -3.91. The molecule has 1 saturated heterocycles. The van der Waals surface area contributed by atoms with Gasteiger partial charge in [0, 0.05) is 12.0 Å². The smallest absolute Gasteiger partial charge is 0.376 e. The second-order valence-electron chi connectivity index (χ2n) is 7.51. The first-order valence-corrected chi connectivity index (χ1v) is 9.42. The van der Waals surface area contributed by atoms with E-state index in [-0.39, 0.29) is 16.3 Å². The molecule has 0 spiro atoms. The van der Waals surface area contributed by atoms with E-state index in [4.69, 9.17) is 4.74 Å². The molecule has 1 fully saturated rings. The molecule has 5 nitrogen and oxygen atoms in total. The molecule has 1 aliphatic rings. The number of halogens is 4. The highest BCUT2D eigenvalue weighted by Gasteiger charge is 2.32. The van der Waals surface area contributed by atoms with Crippen LogP contribution in [0.4, 0.5) is 17.6 Å². The first-order valence-electron chi connectivity index (χ1n) is 8.61. The van der Waals surface area contributed by atoms with Gasteiger partial charge in [-0.3, -0.25) is 4.79 Å². The van der Waals surface area contributed by atoms with Crippen molar-refractivity contribution in [1.82, 2.24) is 9.78 Å². The van der Waals surface area contributed by atoms with Gasteiger partial charge in [-0.15, -0.1) is 0 Å². The van der Waals surface area contributed by atoms with Crippen LogP contribution in [0.25, 0.3) is 0 Å². The maximum Gasteiger partial charge on any atom is 0.416 e. The Hall–Kier alpha value is -2.07. The number of amides is 1. The van der Waals surface area contributed by atoms with Crippen LogP contribution in [0.3, 0.4) is 0 Å². The van der Waals surface area contributed by atoms with Gasteiger partial charge in [-0.1, -0.05) is 32.1 Å². The van der Waals surface area contributed by atoms with Gasteiger partial charge in [0.05, 0.1) is 23.8 Å². The van der Waals surface area contributed by atoms with Crippen LogP contribution in [0, 0.1) is 5.82 Å². The second-order valence-corrected chi connectivity index (χ2v) is 8.47. The summed E-state index contributed by atoms with van der Waals surface area (Å²) < 4.78 is 59.5. The molecule has 1 unspecified atom stereocenters. The van der Waals surface area contributed by atoms with E-state index in [2.05, 4.69) is 10.1 Å². The Morgan fingerprint density at radius 1 is 1.36 bits per heavy atom. The Balaban J connectivity index is 2.02. The minimum Gasteiger partial charge on any atom is -0.376 e. The number of carbonyl (C=O) groups excluding carboxylic acids is 1. The summed E-state index contributed by atoms with van der Waals surface area (Å²) in [6, 6.07) is 1.69. The number of alkyl halides is 3. The zero-order valence-electron chi connectivity index (χ0n) is 15.5. The number of benzene rings is 1. The molecule has 28 heavy (non-hydrogen) atoms. The molecule has 1 atom stereocenters. The summed E-state index contributed by atoms with van der Waals surface area (Å²) in [5, 5.41) is 5.16. The molecule has 1 aliphatic heterocycles. The van der Waals surface area contributed by atoms with E-state index >= 15 is 0 Å². The number of carbonyl (C=O) groups is 1. The lowest BCUT2D eigenvalue weighted by atomic mass is 9.98. The summed E-state index contributed by atoms with van der Waals surface area (Å²) in [5.41, 5.74) is -2.15. The lowest BCUT2D eigenvalue weighted by Crippen LogP contribution is -2.35. The zero-order valence-corrected chi connectivity index (χ0v) is 16.3. The highest BCUT2D eigenvalue weighted by Crippen LogP contribution is 2.30. The third kappa shape index (κ3) is 4.49.